The quantitative estimate of drug-likeness (QED) is 0.802. The Morgan fingerprint density at radius 3 is 2.73 bits per heavy atom. The minimum absolute atomic E-state index is 0.0166. The molecule has 1 aromatic rings. The van der Waals surface area contributed by atoms with Crippen LogP contribution in [0.15, 0.2) is 23.1 Å². The van der Waals surface area contributed by atoms with E-state index in [2.05, 4.69) is 12.2 Å². The highest BCUT2D eigenvalue weighted by molar-refractivity contribution is 6.21. The Bertz CT molecular complexity index is 373. The van der Waals surface area contributed by atoms with Crippen molar-refractivity contribution in [3.05, 3.63) is 28.7 Å². The van der Waals surface area contributed by atoms with E-state index in [0.29, 0.717) is 0 Å². The molecule has 1 heterocycles. The molecule has 0 fully saturated rings. The fraction of sp³-hybridized carbons (Fsp3) is 0.545. The summed E-state index contributed by atoms with van der Waals surface area (Å²) in [5, 5.41) is 3.29. The van der Waals surface area contributed by atoms with E-state index >= 15 is 0 Å². The Morgan fingerprint density at radius 2 is 2.27 bits per heavy atom. The van der Waals surface area contributed by atoms with E-state index in [-0.39, 0.29) is 17.0 Å². The molecule has 1 aromatic heterocycles. The van der Waals surface area contributed by atoms with E-state index in [1.807, 2.05) is 13.0 Å². The van der Waals surface area contributed by atoms with Crippen LogP contribution in [-0.4, -0.2) is 16.0 Å². The number of halogens is 1. The number of hydrogen-bond acceptors (Lipinski definition) is 2. The van der Waals surface area contributed by atoms with Crippen molar-refractivity contribution in [2.24, 2.45) is 7.05 Å². The maximum atomic E-state index is 11.4. The monoisotopic (exact) mass is 228 g/mol. The van der Waals surface area contributed by atoms with Crippen LogP contribution in [-0.2, 0) is 7.05 Å². The number of nitrogens with one attached hydrogen (secondary N) is 1. The minimum Gasteiger partial charge on any atom is -0.381 e. The molecule has 0 saturated carbocycles. The van der Waals surface area contributed by atoms with Crippen LogP contribution in [0.3, 0.4) is 0 Å². The van der Waals surface area contributed by atoms with Gasteiger partial charge in [0.15, 0.2) is 0 Å². The van der Waals surface area contributed by atoms with Crippen LogP contribution in [0.2, 0.25) is 0 Å². The van der Waals surface area contributed by atoms with E-state index in [9.17, 15) is 4.79 Å². The van der Waals surface area contributed by atoms with Crippen molar-refractivity contribution in [3.63, 3.8) is 0 Å². The predicted molar refractivity (Wildman–Crippen MR) is 64.7 cm³/mol. The second-order valence-electron chi connectivity index (χ2n) is 3.70. The summed E-state index contributed by atoms with van der Waals surface area (Å²) in [5.41, 5.74) is 0.814. The van der Waals surface area contributed by atoms with Crippen molar-refractivity contribution in [2.45, 2.75) is 31.7 Å². The van der Waals surface area contributed by atoms with Gasteiger partial charge in [-0.2, -0.15) is 0 Å². The average Bonchev–Trinajstić information content (AvgIpc) is 2.19. The van der Waals surface area contributed by atoms with Gasteiger partial charge in [-0.05, 0) is 19.4 Å². The van der Waals surface area contributed by atoms with Gasteiger partial charge in [-0.3, -0.25) is 4.79 Å². The first kappa shape index (κ1) is 12.1. The molecule has 1 N–H and O–H groups in total. The smallest absolute Gasteiger partial charge is 0.252 e. The molecule has 1 rings (SSSR count). The molecule has 2 unspecified atom stereocenters. The third kappa shape index (κ3) is 3.27. The van der Waals surface area contributed by atoms with E-state index in [1.54, 1.807) is 19.3 Å². The SMILES string of the molecule is CCC(Nc1ccn(C)c(=O)c1)C(C)Cl. The third-order valence-electron chi connectivity index (χ3n) is 2.45. The second-order valence-corrected chi connectivity index (χ2v) is 4.39. The maximum Gasteiger partial charge on any atom is 0.252 e. The van der Waals surface area contributed by atoms with Gasteiger partial charge in [-0.25, -0.2) is 0 Å². The maximum absolute atomic E-state index is 11.4. The van der Waals surface area contributed by atoms with E-state index in [0.717, 1.165) is 12.1 Å². The van der Waals surface area contributed by atoms with E-state index < -0.39 is 0 Å². The van der Waals surface area contributed by atoms with Crippen molar-refractivity contribution in [3.8, 4) is 0 Å². The molecular weight excluding hydrogens is 212 g/mol. The first-order valence-electron chi connectivity index (χ1n) is 5.12. The largest absolute Gasteiger partial charge is 0.381 e. The Labute approximate surface area is 95.1 Å². The predicted octanol–water partition coefficient (Wildman–Crippen LogP) is 2.20. The summed E-state index contributed by atoms with van der Waals surface area (Å²) in [6, 6.07) is 3.66. The summed E-state index contributed by atoms with van der Waals surface area (Å²) in [5.74, 6) is 0. The summed E-state index contributed by atoms with van der Waals surface area (Å²) in [4.78, 5) is 11.4. The van der Waals surface area contributed by atoms with Crippen molar-refractivity contribution < 1.29 is 0 Å². The molecule has 0 aliphatic rings. The molecule has 15 heavy (non-hydrogen) atoms. The van der Waals surface area contributed by atoms with Crippen molar-refractivity contribution in [1.29, 1.82) is 0 Å². The summed E-state index contributed by atoms with van der Waals surface area (Å²) >= 11 is 6.02. The first-order chi connectivity index (χ1) is 7.04. The Morgan fingerprint density at radius 1 is 1.60 bits per heavy atom. The minimum atomic E-state index is -0.0166. The molecule has 0 aliphatic carbocycles. The number of pyridine rings is 1. The van der Waals surface area contributed by atoms with Gasteiger partial charge in [0, 0.05) is 31.0 Å². The number of hydrogen-bond donors (Lipinski definition) is 1. The number of anilines is 1. The van der Waals surface area contributed by atoms with Gasteiger partial charge in [0.1, 0.15) is 0 Å². The molecule has 0 spiro atoms. The van der Waals surface area contributed by atoms with Gasteiger partial charge < -0.3 is 9.88 Å². The fourth-order valence-corrected chi connectivity index (χ4v) is 1.64. The van der Waals surface area contributed by atoms with Crippen LogP contribution in [0.5, 0.6) is 0 Å². The molecule has 0 saturated heterocycles. The lowest BCUT2D eigenvalue weighted by Gasteiger charge is -2.20. The molecule has 0 aromatic carbocycles. The lowest BCUT2D eigenvalue weighted by Crippen LogP contribution is -2.28. The van der Waals surface area contributed by atoms with Gasteiger partial charge in [0.2, 0.25) is 0 Å². The number of alkyl halides is 1. The normalized spacial score (nSPS) is 14.7. The van der Waals surface area contributed by atoms with Crippen molar-refractivity contribution in [1.82, 2.24) is 4.57 Å². The van der Waals surface area contributed by atoms with Crippen LogP contribution in [0.25, 0.3) is 0 Å². The second kappa shape index (κ2) is 5.21. The third-order valence-corrected chi connectivity index (χ3v) is 2.75. The zero-order valence-corrected chi connectivity index (χ0v) is 10.1. The summed E-state index contributed by atoms with van der Waals surface area (Å²) in [7, 11) is 1.73. The van der Waals surface area contributed by atoms with Crippen LogP contribution in [0.1, 0.15) is 20.3 Å². The zero-order chi connectivity index (χ0) is 11.4. The fourth-order valence-electron chi connectivity index (χ4n) is 1.39. The number of aromatic nitrogens is 1. The highest BCUT2D eigenvalue weighted by Crippen LogP contribution is 2.12. The molecule has 3 nitrogen and oxygen atoms in total. The van der Waals surface area contributed by atoms with E-state index in [1.165, 1.54) is 4.57 Å². The van der Waals surface area contributed by atoms with Crippen LogP contribution >= 0.6 is 11.6 Å². The summed E-state index contributed by atoms with van der Waals surface area (Å²) < 4.78 is 1.54. The lowest BCUT2D eigenvalue weighted by molar-refractivity contribution is 0.678. The summed E-state index contributed by atoms with van der Waals surface area (Å²) in [6.45, 7) is 4.02. The van der Waals surface area contributed by atoms with Gasteiger partial charge in [0.25, 0.3) is 5.56 Å². The van der Waals surface area contributed by atoms with Gasteiger partial charge in [-0.15, -0.1) is 11.6 Å². The Balaban J connectivity index is 2.80. The average molecular weight is 229 g/mol. The van der Waals surface area contributed by atoms with E-state index in [4.69, 9.17) is 11.6 Å². The molecule has 0 aliphatic heterocycles. The molecule has 84 valence electrons. The highest BCUT2D eigenvalue weighted by Gasteiger charge is 2.12. The molecule has 2 atom stereocenters. The molecule has 0 radical (unpaired) electrons. The highest BCUT2D eigenvalue weighted by atomic mass is 35.5. The van der Waals surface area contributed by atoms with Gasteiger partial charge >= 0.3 is 0 Å². The number of rotatable bonds is 4. The van der Waals surface area contributed by atoms with Gasteiger partial charge in [0.05, 0.1) is 5.38 Å². The van der Waals surface area contributed by atoms with Crippen LogP contribution in [0.4, 0.5) is 5.69 Å². The van der Waals surface area contributed by atoms with Crippen LogP contribution < -0.4 is 10.9 Å². The number of aryl methyl sites for hydroxylation is 1. The van der Waals surface area contributed by atoms with Crippen molar-refractivity contribution in [2.75, 3.05) is 5.32 Å². The Kier molecular flexibility index (Phi) is 4.21. The topological polar surface area (TPSA) is 34.0 Å². The Hall–Kier alpha value is -0.960. The summed E-state index contributed by atoms with van der Waals surface area (Å²) in [6.07, 6.45) is 2.68. The molecule has 0 bridgehead atoms. The first-order valence-corrected chi connectivity index (χ1v) is 5.55. The van der Waals surface area contributed by atoms with Crippen LogP contribution in [0, 0.1) is 0 Å². The lowest BCUT2D eigenvalue weighted by atomic mass is 10.1. The molecular formula is C11H17ClN2O. The zero-order valence-electron chi connectivity index (χ0n) is 9.33. The standard InChI is InChI=1S/C11H17ClN2O/c1-4-10(8(2)12)13-9-5-6-14(3)11(15)7-9/h5-8,10,13H,4H2,1-3H3. The molecule has 0 amide bonds. The van der Waals surface area contributed by atoms with Gasteiger partial charge in [-0.1, -0.05) is 6.92 Å². The van der Waals surface area contributed by atoms with Crippen molar-refractivity contribution >= 4 is 17.3 Å². The number of nitrogens with zero attached hydrogens (tertiary/aromatic N) is 1. The molecule has 4 heteroatoms.